The van der Waals surface area contributed by atoms with Crippen LogP contribution in [0.1, 0.15) is 80.5 Å². The Morgan fingerprint density at radius 2 is 1.47 bits per heavy atom. The summed E-state index contributed by atoms with van der Waals surface area (Å²) < 4.78 is 35.7. The minimum absolute atomic E-state index is 0. The van der Waals surface area contributed by atoms with Crippen LogP contribution < -0.4 is 22.0 Å². The maximum atomic E-state index is 14.1. The minimum Gasteiger partial charge on any atom is -1.00 e. The van der Waals surface area contributed by atoms with Crippen molar-refractivity contribution >= 4 is 15.5 Å². The maximum Gasteiger partial charge on any atom is 0.179 e. The number of aliphatic hydroxyl groups excluding tert-OH is 1. The minimum atomic E-state index is -3.63. The number of benzene rings is 3. The predicted octanol–water partition coefficient (Wildman–Crippen LogP) is 3.63. The van der Waals surface area contributed by atoms with Gasteiger partial charge in [-0.05, 0) is 59.9 Å². The number of halogens is 1. The quantitative estimate of drug-likeness (QED) is 0.274. The molecule has 7 nitrogen and oxygen atoms in total. The van der Waals surface area contributed by atoms with E-state index in [1.165, 1.54) is 49.3 Å². The van der Waals surface area contributed by atoms with E-state index in [4.69, 9.17) is 4.74 Å². The van der Waals surface area contributed by atoms with Gasteiger partial charge in [0.2, 0.25) is 0 Å². The summed E-state index contributed by atoms with van der Waals surface area (Å²) >= 11 is 0. The van der Waals surface area contributed by atoms with Crippen molar-refractivity contribution in [1.29, 1.82) is 0 Å². The van der Waals surface area contributed by atoms with Gasteiger partial charge >= 0.3 is 0 Å². The zero-order valence-corrected chi connectivity index (χ0v) is 31.5. The van der Waals surface area contributed by atoms with E-state index in [2.05, 4.69) is 43.0 Å². The van der Waals surface area contributed by atoms with E-state index >= 15 is 0 Å². The van der Waals surface area contributed by atoms with Gasteiger partial charge in [-0.25, -0.2) is 8.42 Å². The number of aliphatic hydroxyl groups is 1. The highest BCUT2D eigenvalue weighted by atomic mass is 35.5. The van der Waals surface area contributed by atoms with Crippen LogP contribution in [0.15, 0.2) is 71.6 Å². The van der Waals surface area contributed by atoms with Crippen LogP contribution in [0.2, 0.25) is 0 Å². The van der Waals surface area contributed by atoms with Gasteiger partial charge in [0.1, 0.15) is 18.9 Å². The number of unbranched alkanes of at least 4 members (excludes halogenated alkanes) is 2. The first-order valence-electron chi connectivity index (χ1n) is 18.2. The summed E-state index contributed by atoms with van der Waals surface area (Å²) in [5.74, 6) is 0.264. The molecule has 0 radical (unpaired) electrons. The van der Waals surface area contributed by atoms with Crippen LogP contribution in [0.5, 0.6) is 5.75 Å². The number of fused-ring (bicyclic) bond motifs is 4. The first-order chi connectivity index (χ1) is 23.1. The Labute approximate surface area is 301 Å². The third-order valence-electron chi connectivity index (χ3n) is 11.5. The number of hydrogen-bond donors (Lipinski definition) is 1. The SMILES string of the molecule is CCCCC1(CCCC)CS(=O)(=O)c2ccc(N(C)C)cc2C(c2ccc(OCc3ccc(C[N+]45CCN(CC4)CC5)cc3)cc2)C1O.[Cl-]. The summed E-state index contributed by atoms with van der Waals surface area (Å²) in [6.45, 7) is 13.3. The molecule has 0 spiro atoms. The van der Waals surface area contributed by atoms with Gasteiger partial charge in [-0.15, -0.1) is 0 Å². The number of ether oxygens (including phenoxy) is 1. The zero-order chi connectivity index (χ0) is 33.9. The van der Waals surface area contributed by atoms with Crippen LogP contribution in [-0.2, 0) is 23.0 Å². The van der Waals surface area contributed by atoms with E-state index < -0.39 is 27.3 Å². The lowest BCUT2D eigenvalue weighted by Crippen LogP contribution is -3.00. The molecule has 3 aromatic carbocycles. The van der Waals surface area contributed by atoms with Gasteiger partial charge in [0.25, 0.3) is 0 Å². The fourth-order valence-corrected chi connectivity index (χ4v) is 10.6. The van der Waals surface area contributed by atoms with E-state index in [0.29, 0.717) is 29.9 Å². The van der Waals surface area contributed by atoms with Crippen LogP contribution in [0.4, 0.5) is 5.69 Å². The van der Waals surface area contributed by atoms with Crippen LogP contribution in [0.25, 0.3) is 0 Å². The summed E-state index contributed by atoms with van der Waals surface area (Å²) in [6, 6.07) is 22.5. The van der Waals surface area contributed by atoms with Gasteiger partial charge in [0.15, 0.2) is 9.84 Å². The highest BCUT2D eigenvalue weighted by molar-refractivity contribution is 7.91. The number of quaternary nitrogens is 1. The van der Waals surface area contributed by atoms with Crippen LogP contribution in [0.3, 0.4) is 0 Å². The van der Waals surface area contributed by atoms with Crippen molar-refractivity contribution in [1.82, 2.24) is 4.90 Å². The summed E-state index contributed by atoms with van der Waals surface area (Å²) in [7, 11) is 0.290. The Bertz CT molecular complexity index is 1620. The van der Waals surface area contributed by atoms with Crippen molar-refractivity contribution in [2.24, 2.45) is 5.41 Å². The molecule has 2 bridgehead atoms. The third kappa shape index (κ3) is 8.15. The van der Waals surface area contributed by atoms with Crippen LogP contribution in [-0.4, -0.2) is 88.1 Å². The van der Waals surface area contributed by atoms with Gasteiger partial charge in [0.05, 0.1) is 36.4 Å². The molecule has 3 saturated heterocycles. The molecule has 7 rings (SSSR count). The second-order valence-electron chi connectivity index (χ2n) is 15.1. The topological polar surface area (TPSA) is 70.1 Å². The summed E-state index contributed by atoms with van der Waals surface area (Å²) in [4.78, 5) is 4.93. The van der Waals surface area contributed by atoms with Crippen molar-refractivity contribution in [2.45, 2.75) is 82.4 Å². The molecule has 3 aromatic rings. The van der Waals surface area contributed by atoms with E-state index in [1.807, 2.05) is 55.4 Å². The molecule has 0 saturated carbocycles. The lowest BCUT2D eigenvalue weighted by atomic mass is 9.68. The largest absolute Gasteiger partial charge is 1.00 e. The molecule has 268 valence electrons. The van der Waals surface area contributed by atoms with E-state index in [-0.39, 0.29) is 18.2 Å². The van der Waals surface area contributed by atoms with Crippen LogP contribution in [0, 0.1) is 5.41 Å². The van der Waals surface area contributed by atoms with Gasteiger partial charge in [-0.2, -0.15) is 0 Å². The highest BCUT2D eigenvalue weighted by Crippen LogP contribution is 2.50. The number of nitrogens with zero attached hydrogens (tertiary/aromatic N) is 3. The molecule has 0 aromatic heterocycles. The molecule has 3 fully saturated rings. The average molecular weight is 710 g/mol. The fraction of sp³-hybridized carbons (Fsp3) is 0.550. The van der Waals surface area contributed by atoms with Crippen molar-refractivity contribution < 1.29 is 35.2 Å². The Morgan fingerprint density at radius 1 is 0.878 bits per heavy atom. The molecule has 4 heterocycles. The monoisotopic (exact) mass is 709 g/mol. The smallest absolute Gasteiger partial charge is 0.179 e. The molecular formula is C40H56ClN3O4S. The molecule has 0 amide bonds. The summed E-state index contributed by atoms with van der Waals surface area (Å²) in [6.07, 6.45) is 4.21. The molecule has 2 atom stereocenters. The molecule has 49 heavy (non-hydrogen) atoms. The lowest BCUT2D eigenvalue weighted by Gasteiger charge is -2.50. The van der Waals surface area contributed by atoms with Gasteiger partial charge in [0, 0.05) is 56.3 Å². The molecule has 0 aliphatic carbocycles. The third-order valence-corrected chi connectivity index (χ3v) is 13.5. The van der Waals surface area contributed by atoms with Crippen LogP contribution >= 0.6 is 0 Å². The molecule has 2 unspecified atom stereocenters. The van der Waals surface area contributed by atoms with Crippen molar-refractivity contribution in [3.8, 4) is 5.75 Å². The van der Waals surface area contributed by atoms with Crippen molar-refractivity contribution in [3.63, 3.8) is 0 Å². The lowest BCUT2D eigenvalue weighted by molar-refractivity contribution is -0.953. The number of rotatable bonds is 13. The zero-order valence-electron chi connectivity index (χ0n) is 29.9. The standard InChI is InChI=1S/C40H56N3O4S.ClH/c1-5-7-19-40(20-8-6-2)30-48(45,46)37-18-15-34(41(3)4)27-36(37)38(39(40)44)33-13-16-35(17-14-33)47-29-32-11-9-31(10-12-32)28-43-24-21-42(22-25-43)23-26-43;/h9-18,27,38-39,44H,5-8,19-26,28-30H2,1-4H3;1H/q+1;/p-1. The number of piperazine rings is 3. The molecule has 1 N–H and O–H groups in total. The summed E-state index contributed by atoms with van der Waals surface area (Å²) in [5, 5.41) is 12.4. The fourth-order valence-electron chi connectivity index (χ4n) is 8.43. The van der Waals surface area contributed by atoms with E-state index in [9.17, 15) is 13.5 Å². The van der Waals surface area contributed by atoms with E-state index in [0.717, 1.165) is 54.8 Å². The normalized spacial score (nSPS) is 25.1. The second-order valence-corrected chi connectivity index (χ2v) is 17.0. The second kappa shape index (κ2) is 15.7. The average Bonchev–Trinajstić information content (AvgIpc) is 3.17. The number of anilines is 1. The predicted molar refractivity (Wildman–Crippen MR) is 194 cm³/mol. The Balaban J connectivity index is 0.00000468. The highest BCUT2D eigenvalue weighted by Gasteiger charge is 2.49. The number of hydrogen-bond acceptors (Lipinski definition) is 6. The maximum absolute atomic E-state index is 14.1. The molecule has 4 aliphatic rings. The van der Waals surface area contributed by atoms with E-state index in [1.54, 1.807) is 6.07 Å². The molecule has 9 heteroatoms. The molecule has 4 aliphatic heterocycles. The Morgan fingerprint density at radius 3 is 2.04 bits per heavy atom. The molecular weight excluding hydrogens is 654 g/mol. The van der Waals surface area contributed by atoms with Gasteiger partial charge < -0.3 is 31.6 Å². The Hall–Kier alpha value is -2.62. The van der Waals surface area contributed by atoms with Crippen molar-refractivity contribution in [3.05, 3.63) is 89.0 Å². The van der Waals surface area contributed by atoms with Gasteiger partial charge in [-0.3, -0.25) is 4.90 Å². The first-order valence-corrected chi connectivity index (χ1v) is 19.8. The van der Waals surface area contributed by atoms with Crippen molar-refractivity contribution in [2.75, 3.05) is 64.0 Å². The Kier molecular flexibility index (Phi) is 12.1. The van der Waals surface area contributed by atoms with Gasteiger partial charge in [-0.1, -0.05) is 75.9 Å². The summed E-state index contributed by atoms with van der Waals surface area (Å²) in [5.41, 5.74) is 4.34. The number of sulfone groups is 1. The first kappa shape index (κ1) is 37.6.